The van der Waals surface area contributed by atoms with Gasteiger partial charge in [0.2, 0.25) is 0 Å². The van der Waals surface area contributed by atoms with E-state index >= 15 is 0 Å². The van der Waals surface area contributed by atoms with Gasteiger partial charge >= 0.3 is 5.97 Å². The molecule has 1 rings (SSSR count). The van der Waals surface area contributed by atoms with Gasteiger partial charge in [-0.1, -0.05) is 23.2 Å². The van der Waals surface area contributed by atoms with Crippen molar-refractivity contribution in [2.45, 2.75) is 32.8 Å². The van der Waals surface area contributed by atoms with E-state index in [1.54, 1.807) is 20.8 Å². The van der Waals surface area contributed by atoms with Crippen LogP contribution in [0.3, 0.4) is 0 Å². The fourth-order valence-electron chi connectivity index (χ4n) is 1.42. The van der Waals surface area contributed by atoms with Gasteiger partial charge in [0.05, 0.1) is 28.0 Å². The number of esters is 1. The van der Waals surface area contributed by atoms with Gasteiger partial charge in [-0.25, -0.2) is 0 Å². The molecule has 8 heteroatoms. The predicted molar refractivity (Wildman–Crippen MR) is 79.1 cm³/mol. The second-order valence-electron chi connectivity index (χ2n) is 5.18. The van der Waals surface area contributed by atoms with E-state index in [1.807, 2.05) is 0 Å². The van der Waals surface area contributed by atoms with Crippen molar-refractivity contribution in [3.63, 3.8) is 0 Å². The van der Waals surface area contributed by atoms with Crippen molar-refractivity contribution in [2.24, 2.45) is 0 Å². The molecule has 0 bridgehead atoms. The van der Waals surface area contributed by atoms with Gasteiger partial charge in [0, 0.05) is 12.1 Å². The van der Waals surface area contributed by atoms with E-state index in [-0.39, 0.29) is 34.5 Å². The molecule has 0 atom stereocenters. The molecule has 21 heavy (non-hydrogen) atoms. The standard InChI is InChI=1S/C13H15Cl2NO5/c1-13(2,3)21-11(17)4-5-20-12-9(14)6-8(16(18)19)7-10(12)15/h6-7H,4-5H2,1-3H3. The van der Waals surface area contributed by atoms with Crippen molar-refractivity contribution < 1.29 is 19.2 Å². The van der Waals surface area contributed by atoms with Crippen LogP contribution in [0.4, 0.5) is 5.69 Å². The maximum atomic E-state index is 11.5. The van der Waals surface area contributed by atoms with Gasteiger partial charge < -0.3 is 9.47 Å². The van der Waals surface area contributed by atoms with Gasteiger partial charge in [-0.2, -0.15) is 0 Å². The van der Waals surface area contributed by atoms with E-state index in [1.165, 1.54) is 0 Å². The average molecular weight is 336 g/mol. The lowest BCUT2D eigenvalue weighted by Crippen LogP contribution is -2.24. The Bertz CT molecular complexity index is 531. The molecule has 0 saturated carbocycles. The smallest absolute Gasteiger partial charge is 0.309 e. The van der Waals surface area contributed by atoms with Crippen LogP contribution in [-0.2, 0) is 9.53 Å². The van der Waals surface area contributed by atoms with Gasteiger partial charge in [0.15, 0.2) is 5.75 Å². The molecule has 0 N–H and O–H groups in total. The van der Waals surface area contributed by atoms with Crippen molar-refractivity contribution in [1.82, 2.24) is 0 Å². The zero-order valence-electron chi connectivity index (χ0n) is 11.8. The first-order chi connectivity index (χ1) is 9.60. The molecule has 1 aromatic carbocycles. The molecule has 0 heterocycles. The van der Waals surface area contributed by atoms with E-state index in [2.05, 4.69) is 0 Å². The van der Waals surface area contributed by atoms with Crippen LogP contribution in [0, 0.1) is 10.1 Å². The second-order valence-corrected chi connectivity index (χ2v) is 5.99. The van der Waals surface area contributed by atoms with Gasteiger partial charge in [0.25, 0.3) is 5.69 Å². The number of carbonyl (C=O) groups excluding carboxylic acids is 1. The normalized spacial score (nSPS) is 11.1. The van der Waals surface area contributed by atoms with Crippen LogP contribution in [0.15, 0.2) is 12.1 Å². The summed E-state index contributed by atoms with van der Waals surface area (Å²) in [6, 6.07) is 2.27. The summed E-state index contributed by atoms with van der Waals surface area (Å²) in [5.41, 5.74) is -0.802. The number of nitrogens with zero attached hydrogens (tertiary/aromatic N) is 1. The van der Waals surface area contributed by atoms with E-state index < -0.39 is 16.5 Å². The van der Waals surface area contributed by atoms with Crippen LogP contribution in [-0.4, -0.2) is 23.1 Å². The summed E-state index contributed by atoms with van der Waals surface area (Å²) in [7, 11) is 0. The van der Waals surface area contributed by atoms with E-state index in [0.717, 1.165) is 12.1 Å². The minimum atomic E-state index is -0.609. The number of nitro benzene ring substituents is 1. The zero-order valence-corrected chi connectivity index (χ0v) is 13.3. The first-order valence-corrected chi connectivity index (χ1v) is 6.84. The van der Waals surface area contributed by atoms with Crippen LogP contribution in [0.25, 0.3) is 0 Å². The highest BCUT2D eigenvalue weighted by molar-refractivity contribution is 6.37. The lowest BCUT2D eigenvalue weighted by atomic mass is 10.2. The Balaban J connectivity index is 2.64. The van der Waals surface area contributed by atoms with Gasteiger partial charge in [0.1, 0.15) is 5.60 Å². The number of halogens is 2. The number of non-ortho nitro benzene ring substituents is 1. The third-order valence-corrected chi connectivity index (χ3v) is 2.73. The van der Waals surface area contributed by atoms with Crippen LogP contribution in [0.5, 0.6) is 5.75 Å². The van der Waals surface area contributed by atoms with Crippen molar-refractivity contribution in [3.05, 3.63) is 32.3 Å². The Kier molecular flexibility index (Phi) is 5.80. The molecule has 0 amide bonds. The summed E-state index contributed by atoms with van der Waals surface area (Å²) in [5.74, 6) is -0.316. The topological polar surface area (TPSA) is 78.7 Å². The quantitative estimate of drug-likeness (QED) is 0.461. The fraction of sp³-hybridized carbons (Fsp3) is 0.462. The molecule has 0 radical (unpaired) electrons. The summed E-state index contributed by atoms with van der Waals surface area (Å²) < 4.78 is 10.4. The summed E-state index contributed by atoms with van der Waals surface area (Å²) in [5, 5.41) is 10.7. The summed E-state index contributed by atoms with van der Waals surface area (Å²) >= 11 is 11.7. The lowest BCUT2D eigenvalue weighted by molar-refractivity contribution is -0.384. The Morgan fingerprint density at radius 3 is 2.24 bits per heavy atom. The molecule has 0 aromatic heterocycles. The number of rotatable bonds is 5. The Morgan fingerprint density at radius 1 is 1.29 bits per heavy atom. The Morgan fingerprint density at radius 2 is 1.81 bits per heavy atom. The third-order valence-electron chi connectivity index (χ3n) is 2.17. The molecule has 0 saturated heterocycles. The molecule has 0 aliphatic rings. The number of hydrogen-bond donors (Lipinski definition) is 0. The maximum Gasteiger partial charge on any atom is 0.309 e. The first-order valence-electron chi connectivity index (χ1n) is 6.08. The van der Waals surface area contributed by atoms with E-state index in [4.69, 9.17) is 32.7 Å². The van der Waals surface area contributed by atoms with Crippen molar-refractivity contribution in [2.75, 3.05) is 6.61 Å². The highest BCUT2D eigenvalue weighted by Gasteiger charge is 2.18. The lowest BCUT2D eigenvalue weighted by Gasteiger charge is -2.19. The van der Waals surface area contributed by atoms with Gasteiger partial charge in [-0.3, -0.25) is 14.9 Å². The number of nitro groups is 1. The number of ether oxygens (including phenoxy) is 2. The minimum Gasteiger partial charge on any atom is -0.490 e. The Labute approximate surface area is 132 Å². The fourth-order valence-corrected chi connectivity index (χ4v) is 2.00. The van der Waals surface area contributed by atoms with Crippen molar-refractivity contribution >= 4 is 34.9 Å². The molecule has 0 fully saturated rings. The summed E-state index contributed by atoms with van der Waals surface area (Å²) in [6.07, 6.45) is 0.0148. The molecule has 0 aliphatic heterocycles. The molecule has 0 spiro atoms. The third kappa shape index (κ3) is 5.77. The van der Waals surface area contributed by atoms with Gasteiger partial charge in [-0.15, -0.1) is 0 Å². The molecular weight excluding hydrogens is 321 g/mol. The van der Waals surface area contributed by atoms with Crippen LogP contribution in [0.2, 0.25) is 10.0 Å². The van der Waals surface area contributed by atoms with Crippen LogP contribution < -0.4 is 4.74 Å². The molecule has 0 aliphatic carbocycles. The predicted octanol–water partition coefficient (Wildman–Crippen LogP) is 4.01. The highest BCUT2D eigenvalue weighted by Crippen LogP contribution is 2.36. The summed E-state index contributed by atoms with van der Waals surface area (Å²) in [4.78, 5) is 21.5. The highest BCUT2D eigenvalue weighted by atomic mass is 35.5. The van der Waals surface area contributed by atoms with Crippen LogP contribution >= 0.6 is 23.2 Å². The zero-order chi connectivity index (χ0) is 16.2. The number of carbonyl (C=O) groups is 1. The van der Waals surface area contributed by atoms with Gasteiger partial charge in [-0.05, 0) is 20.8 Å². The molecule has 0 unspecified atom stereocenters. The minimum absolute atomic E-state index is 0.00612. The molecule has 116 valence electrons. The monoisotopic (exact) mass is 335 g/mol. The van der Waals surface area contributed by atoms with E-state index in [9.17, 15) is 14.9 Å². The van der Waals surface area contributed by atoms with Crippen molar-refractivity contribution in [3.8, 4) is 5.75 Å². The summed E-state index contributed by atoms with van der Waals surface area (Å²) in [6.45, 7) is 5.29. The van der Waals surface area contributed by atoms with Crippen LogP contribution in [0.1, 0.15) is 27.2 Å². The Hall–Kier alpha value is -1.53. The average Bonchev–Trinajstić information content (AvgIpc) is 2.29. The number of hydrogen-bond acceptors (Lipinski definition) is 5. The molecule has 6 nitrogen and oxygen atoms in total. The van der Waals surface area contributed by atoms with E-state index in [0.29, 0.717) is 0 Å². The largest absolute Gasteiger partial charge is 0.490 e. The SMILES string of the molecule is CC(C)(C)OC(=O)CCOc1c(Cl)cc([N+](=O)[O-])cc1Cl. The van der Waals surface area contributed by atoms with Crippen molar-refractivity contribution in [1.29, 1.82) is 0 Å². The first kappa shape index (κ1) is 17.5. The number of benzene rings is 1. The molecular formula is C13H15Cl2NO5. The second kappa shape index (κ2) is 6.95. The maximum absolute atomic E-state index is 11.5. The molecule has 1 aromatic rings.